The zero-order valence-corrected chi connectivity index (χ0v) is 15.9. The maximum absolute atomic E-state index is 12.5. The molecule has 0 spiro atoms. The Balaban J connectivity index is 1.52. The van der Waals surface area contributed by atoms with E-state index in [1.807, 2.05) is 37.8 Å². The highest BCUT2D eigenvalue weighted by Crippen LogP contribution is 2.24. The summed E-state index contributed by atoms with van der Waals surface area (Å²) in [6.45, 7) is 7.71. The SMILES string of the molecule is CC(C)(C)C(=O)N1CCC(C(=O)NCc2ccc3ccccc3c2)CC1. The summed E-state index contributed by atoms with van der Waals surface area (Å²) in [5.74, 6) is 0.271. The highest BCUT2D eigenvalue weighted by Gasteiger charge is 2.32. The molecule has 1 aliphatic heterocycles. The van der Waals surface area contributed by atoms with Crippen LogP contribution in [0.5, 0.6) is 0 Å². The van der Waals surface area contributed by atoms with E-state index in [4.69, 9.17) is 0 Å². The lowest BCUT2D eigenvalue weighted by atomic mass is 9.90. The van der Waals surface area contributed by atoms with Gasteiger partial charge in [-0.25, -0.2) is 0 Å². The van der Waals surface area contributed by atoms with Crippen LogP contribution in [0.4, 0.5) is 0 Å². The Morgan fingerprint density at radius 3 is 2.35 bits per heavy atom. The van der Waals surface area contributed by atoms with E-state index in [-0.39, 0.29) is 23.1 Å². The number of piperidine rings is 1. The monoisotopic (exact) mass is 352 g/mol. The average molecular weight is 352 g/mol. The van der Waals surface area contributed by atoms with Crippen LogP contribution in [0, 0.1) is 11.3 Å². The van der Waals surface area contributed by atoms with Crippen molar-refractivity contribution in [1.82, 2.24) is 10.2 Å². The first kappa shape index (κ1) is 18.4. The van der Waals surface area contributed by atoms with E-state index in [1.165, 1.54) is 10.8 Å². The van der Waals surface area contributed by atoms with Gasteiger partial charge in [0.05, 0.1) is 0 Å². The number of nitrogens with zero attached hydrogens (tertiary/aromatic N) is 1. The van der Waals surface area contributed by atoms with Gasteiger partial charge >= 0.3 is 0 Å². The fourth-order valence-corrected chi connectivity index (χ4v) is 3.50. The third kappa shape index (κ3) is 4.24. The molecular weight excluding hydrogens is 324 g/mol. The van der Waals surface area contributed by atoms with Crippen LogP contribution in [0.25, 0.3) is 10.8 Å². The van der Waals surface area contributed by atoms with Crippen LogP contribution in [-0.4, -0.2) is 29.8 Å². The number of carbonyl (C=O) groups is 2. The molecule has 4 heteroatoms. The van der Waals surface area contributed by atoms with Gasteiger partial charge in [-0.15, -0.1) is 0 Å². The van der Waals surface area contributed by atoms with Crippen LogP contribution >= 0.6 is 0 Å². The molecule has 4 nitrogen and oxygen atoms in total. The molecule has 2 aromatic carbocycles. The van der Waals surface area contributed by atoms with Gasteiger partial charge in [-0.05, 0) is 35.2 Å². The minimum Gasteiger partial charge on any atom is -0.352 e. The molecule has 0 radical (unpaired) electrons. The van der Waals surface area contributed by atoms with E-state index < -0.39 is 0 Å². The van der Waals surface area contributed by atoms with Crippen molar-refractivity contribution in [1.29, 1.82) is 0 Å². The molecule has 2 aromatic rings. The van der Waals surface area contributed by atoms with Crippen molar-refractivity contribution < 1.29 is 9.59 Å². The second kappa shape index (κ2) is 7.48. The van der Waals surface area contributed by atoms with E-state index in [1.54, 1.807) is 0 Å². The van der Waals surface area contributed by atoms with Crippen molar-refractivity contribution in [2.45, 2.75) is 40.2 Å². The molecule has 26 heavy (non-hydrogen) atoms. The molecule has 1 heterocycles. The number of nitrogens with one attached hydrogen (secondary N) is 1. The summed E-state index contributed by atoms with van der Waals surface area (Å²) in [6.07, 6.45) is 1.48. The molecule has 3 rings (SSSR count). The number of fused-ring (bicyclic) bond motifs is 1. The van der Waals surface area contributed by atoms with Crippen LogP contribution in [0.1, 0.15) is 39.2 Å². The fourth-order valence-electron chi connectivity index (χ4n) is 3.50. The molecule has 0 atom stereocenters. The van der Waals surface area contributed by atoms with Gasteiger partial charge < -0.3 is 10.2 Å². The van der Waals surface area contributed by atoms with E-state index >= 15 is 0 Å². The molecule has 138 valence electrons. The molecule has 1 fully saturated rings. The Kier molecular flexibility index (Phi) is 5.30. The Labute approximate surface area is 155 Å². The summed E-state index contributed by atoms with van der Waals surface area (Å²) in [5.41, 5.74) is 0.753. The minimum atomic E-state index is -0.356. The van der Waals surface area contributed by atoms with E-state index in [0.717, 1.165) is 18.4 Å². The first-order valence-corrected chi connectivity index (χ1v) is 9.39. The molecule has 1 saturated heterocycles. The van der Waals surface area contributed by atoms with Crippen LogP contribution < -0.4 is 5.32 Å². The van der Waals surface area contributed by atoms with E-state index in [2.05, 4.69) is 35.6 Å². The van der Waals surface area contributed by atoms with Gasteiger partial charge in [0.1, 0.15) is 0 Å². The van der Waals surface area contributed by atoms with Gasteiger partial charge in [-0.1, -0.05) is 57.2 Å². The van der Waals surface area contributed by atoms with Crippen LogP contribution in [-0.2, 0) is 16.1 Å². The molecule has 0 aromatic heterocycles. The predicted molar refractivity (Wildman–Crippen MR) is 105 cm³/mol. The van der Waals surface area contributed by atoms with Crippen molar-refractivity contribution in [3.8, 4) is 0 Å². The van der Waals surface area contributed by atoms with Gasteiger partial charge in [0.2, 0.25) is 11.8 Å². The largest absolute Gasteiger partial charge is 0.352 e. The molecule has 0 unspecified atom stereocenters. The van der Waals surface area contributed by atoms with Crippen LogP contribution in [0.15, 0.2) is 42.5 Å². The summed E-state index contributed by atoms with van der Waals surface area (Å²) in [4.78, 5) is 26.7. The topological polar surface area (TPSA) is 49.4 Å². The first-order valence-electron chi connectivity index (χ1n) is 9.39. The normalized spacial score (nSPS) is 15.9. The maximum atomic E-state index is 12.5. The minimum absolute atomic E-state index is 0.000486. The van der Waals surface area contributed by atoms with Crippen molar-refractivity contribution in [2.75, 3.05) is 13.1 Å². The smallest absolute Gasteiger partial charge is 0.227 e. The number of carbonyl (C=O) groups excluding carboxylic acids is 2. The van der Waals surface area contributed by atoms with Crippen molar-refractivity contribution in [3.05, 3.63) is 48.0 Å². The van der Waals surface area contributed by atoms with E-state index in [9.17, 15) is 9.59 Å². The van der Waals surface area contributed by atoms with Gasteiger partial charge in [0, 0.05) is 31.0 Å². The molecule has 0 aliphatic carbocycles. The lowest BCUT2D eigenvalue weighted by Gasteiger charge is -2.35. The average Bonchev–Trinajstić information content (AvgIpc) is 2.64. The number of rotatable bonds is 3. The second-order valence-corrected chi connectivity index (χ2v) is 8.22. The highest BCUT2D eigenvalue weighted by molar-refractivity contribution is 5.84. The van der Waals surface area contributed by atoms with Crippen molar-refractivity contribution in [3.63, 3.8) is 0 Å². The molecule has 0 saturated carbocycles. The lowest BCUT2D eigenvalue weighted by Crippen LogP contribution is -2.46. The Morgan fingerprint density at radius 1 is 1.04 bits per heavy atom. The molecule has 2 amide bonds. The van der Waals surface area contributed by atoms with E-state index in [0.29, 0.717) is 19.6 Å². The Bertz CT molecular complexity index is 799. The zero-order chi connectivity index (χ0) is 18.7. The molecular formula is C22H28N2O2. The van der Waals surface area contributed by atoms with Crippen molar-refractivity contribution in [2.24, 2.45) is 11.3 Å². The second-order valence-electron chi connectivity index (χ2n) is 8.22. The fraction of sp³-hybridized carbons (Fsp3) is 0.455. The van der Waals surface area contributed by atoms with Crippen LogP contribution in [0.2, 0.25) is 0 Å². The molecule has 0 bridgehead atoms. The highest BCUT2D eigenvalue weighted by atomic mass is 16.2. The van der Waals surface area contributed by atoms with Gasteiger partial charge in [-0.3, -0.25) is 9.59 Å². The van der Waals surface area contributed by atoms with Gasteiger partial charge in [0.15, 0.2) is 0 Å². The maximum Gasteiger partial charge on any atom is 0.227 e. The molecule has 1 aliphatic rings. The summed E-state index contributed by atoms with van der Waals surface area (Å²) in [5, 5.41) is 5.46. The first-order chi connectivity index (χ1) is 12.3. The number of hydrogen-bond donors (Lipinski definition) is 1. The predicted octanol–water partition coefficient (Wildman–Crippen LogP) is 3.74. The zero-order valence-electron chi connectivity index (χ0n) is 15.9. The quantitative estimate of drug-likeness (QED) is 0.915. The summed E-state index contributed by atoms with van der Waals surface area (Å²) < 4.78 is 0. The summed E-state index contributed by atoms with van der Waals surface area (Å²) in [7, 11) is 0. The Morgan fingerprint density at radius 2 is 1.69 bits per heavy atom. The Hall–Kier alpha value is -2.36. The number of amides is 2. The van der Waals surface area contributed by atoms with Gasteiger partial charge in [-0.2, -0.15) is 0 Å². The number of likely N-dealkylation sites (tertiary alicyclic amines) is 1. The third-order valence-corrected chi connectivity index (χ3v) is 5.08. The van der Waals surface area contributed by atoms with Gasteiger partial charge in [0.25, 0.3) is 0 Å². The van der Waals surface area contributed by atoms with Crippen LogP contribution in [0.3, 0.4) is 0 Å². The molecule has 1 N–H and O–H groups in total. The van der Waals surface area contributed by atoms with Crippen molar-refractivity contribution >= 4 is 22.6 Å². The number of hydrogen-bond acceptors (Lipinski definition) is 2. The number of benzene rings is 2. The third-order valence-electron chi connectivity index (χ3n) is 5.08. The standard InChI is InChI=1S/C22H28N2O2/c1-22(2,3)21(26)24-12-10-18(11-13-24)20(25)23-15-16-8-9-17-6-4-5-7-19(17)14-16/h4-9,14,18H,10-13,15H2,1-3H3,(H,23,25). The lowest BCUT2D eigenvalue weighted by molar-refractivity contribution is -0.142. The summed E-state index contributed by atoms with van der Waals surface area (Å²) >= 11 is 0. The summed E-state index contributed by atoms with van der Waals surface area (Å²) in [6, 6.07) is 14.5.